The molecule has 0 aromatic heterocycles. The van der Waals surface area contributed by atoms with Gasteiger partial charge in [-0.1, -0.05) is 182 Å². The Labute approximate surface area is 282 Å². The molecule has 0 atom stereocenters. The normalized spacial score (nSPS) is 12.0. The maximum Gasteiger partial charge on any atom is -0.0105 e. The Morgan fingerprint density at radius 1 is 0.271 bits per heavy atom. The van der Waals surface area contributed by atoms with Crippen molar-refractivity contribution in [3.8, 4) is 11.1 Å². The van der Waals surface area contributed by atoms with Crippen molar-refractivity contribution in [2.24, 2.45) is 0 Å². The van der Waals surface area contributed by atoms with Crippen LogP contribution in [-0.4, -0.2) is 0 Å². The lowest BCUT2D eigenvalue weighted by Crippen LogP contribution is -1.89. The van der Waals surface area contributed by atoms with Gasteiger partial charge in [-0.2, -0.15) is 0 Å². The zero-order valence-electron chi connectivity index (χ0n) is 26.6. The first-order chi connectivity index (χ1) is 23.8. The van der Waals surface area contributed by atoms with Crippen molar-refractivity contribution < 1.29 is 0 Å². The van der Waals surface area contributed by atoms with E-state index in [1.165, 1.54) is 77.2 Å². The zero-order valence-corrected chi connectivity index (χ0v) is 26.6. The molecule has 0 nitrogen and oxygen atoms in total. The Morgan fingerprint density at radius 2 is 0.625 bits per heavy atom. The third-order valence-corrected chi connectivity index (χ3v) is 9.07. The largest absolute Gasteiger partial charge is 0.0622 e. The highest BCUT2D eigenvalue weighted by atomic mass is 14.1. The van der Waals surface area contributed by atoms with Crippen LogP contribution < -0.4 is 0 Å². The average molecular weight is 611 g/mol. The third-order valence-electron chi connectivity index (χ3n) is 9.07. The molecule has 0 aliphatic heterocycles. The Hall–Kier alpha value is -6.24. The van der Waals surface area contributed by atoms with Gasteiger partial charge < -0.3 is 0 Å². The molecule has 0 N–H and O–H groups in total. The van der Waals surface area contributed by atoms with Crippen LogP contribution >= 0.6 is 0 Å². The molecular weight excluding hydrogens is 577 g/mol. The fraction of sp³-hybridized carbons (Fsp3) is 0. The van der Waals surface area contributed by atoms with Gasteiger partial charge in [0.15, 0.2) is 0 Å². The molecule has 0 aliphatic carbocycles. The van der Waals surface area contributed by atoms with E-state index in [-0.39, 0.29) is 0 Å². The van der Waals surface area contributed by atoms with Gasteiger partial charge in [-0.25, -0.2) is 0 Å². The van der Waals surface area contributed by atoms with E-state index in [1.54, 1.807) is 0 Å². The number of rotatable bonds is 7. The molecular formula is C48H34. The summed E-state index contributed by atoms with van der Waals surface area (Å²) in [5.74, 6) is 0. The third kappa shape index (κ3) is 6.25. The molecule has 0 saturated carbocycles. The molecule has 0 saturated heterocycles. The van der Waals surface area contributed by atoms with E-state index in [1.807, 2.05) is 0 Å². The molecule has 0 bridgehead atoms. The van der Waals surface area contributed by atoms with Crippen LogP contribution in [0.3, 0.4) is 0 Å². The summed E-state index contributed by atoms with van der Waals surface area (Å²) in [7, 11) is 0. The van der Waals surface area contributed by atoms with E-state index in [4.69, 9.17) is 0 Å². The van der Waals surface area contributed by atoms with Gasteiger partial charge in [0, 0.05) is 0 Å². The predicted molar refractivity (Wildman–Crippen MR) is 207 cm³/mol. The van der Waals surface area contributed by atoms with Crippen LogP contribution in [0.1, 0.15) is 33.4 Å². The van der Waals surface area contributed by atoms with E-state index >= 15 is 0 Å². The molecule has 0 unspecified atom stereocenters. The van der Waals surface area contributed by atoms with Crippen LogP contribution in [0.5, 0.6) is 0 Å². The first-order valence-electron chi connectivity index (χ1n) is 16.5. The van der Waals surface area contributed by atoms with Crippen LogP contribution in [-0.2, 0) is 0 Å². The SMILES string of the molecule is C(=C(/c1ccccc1)c1ccc2ccccc2c1)/c1ccc(-c2ccc(/C=C(\c3ccccc3)c3ccc4ccccc4c3)cc2)cc1. The maximum atomic E-state index is 2.30. The lowest BCUT2D eigenvalue weighted by molar-refractivity contribution is 1.55. The van der Waals surface area contributed by atoms with Crippen molar-refractivity contribution >= 4 is 44.8 Å². The number of hydrogen-bond donors (Lipinski definition) is 0. The minimum atomic E-state index is 1.17. The molecule has 0 heterocycles. The van der Waals surface area contributed by atoms with Gasteiger partial charge in [0.25, 0.3) is 0 Å². The Kier molecular flexibility index (Phi) is 8.05. The summed E-state index contributed by atoms with van der Waals surface area (Å²) in [5, 5.41) is 5.01. The standard InChI is InChI=1S/C48H34/c1-3-13-41(14-4-1)47(45-29-27-37-11-7-9-17-43(37)33-45)31-35-19-23-39(24-20-35)40-25-21-36(22-26-40)32-48(42-15-5-2-6-16-42)46-30-28-38-12-8-10-18-44(38)34-46/h1-34H/b47-31+,48-32+. The number of hydrogen-bond acceptors (Lipinski definition) is 0. The second-order valence-electron chi connectivity index (χ2n) is 12.2. The van der Waals surface area contributed by atoms with Crippen LogP contribution in [0, 0.1) is 0 Å². The highest BCUT2D eigenvalue weighted by Gasteiger charge is 2.09. The van der Waals surface area contributed by atoms with E-state index in [2.05, 4.69) is 206 Å². The van der Waals surface area contributed by atoms with E-state index in [0.29, 0.717) is 0 Å². The lowest BCUT2D eigenvalue weighted by atomic mass is 9.93. The summed E-state index contributed by atoms with van der Waals surface area (Å²) in [6.07, 6.45) is 4.60. The molecule has 0 heteroatoms. The van der Waals surface area contributed by atoms with Gasteiger partial charge in [0.2, 0.25) is 0 Å². The maximum absolute atomic E-state index is 2.30. The van der Waals surface area contributed by atoms with Gasteiger partial charge in [-0.3, -0.25) is 0 Å². The van der Waals surface area contributed by atoms with Crippen molar-refractivity contribution in [2.75, 3.05) is 0 Å². The zero-order chi connectivity index (χ0) is 32.1. The Morgan fingerprint density at radius 3 is 1.02 bits per heavy atom. The summed E-state index contributed by atoms with van der Waals surface area (Å²) in [6.45, 7) is 0. The highest BCUT2D eigenvalue weighted by molar-refractivity contribution is 5.97. The van der Waals surface area contributed by atoms with Crippen molar-refractivity contribution in [2.45, 2.75) is 0 Å². The monoisotopic (exact) mass is 610 g/mol. The summed E-state index contributed by atoms with van der Waals surface area (Å²) in [6, 6.07) is 69.7. The van der Waals surface area contributed by atoms with Crippen LogP contribution in [0.2, 0.25) is 0 Å². The summed E-state index contributed by atoms with van der Waals surface area (Å²) < 4.78 is 0. The Balaban J connectivity index is 1.10. The topological polar surface area (TPSA) is 0 Å². The van der Waals surface area contributed by atoms with Gasteiger partial charge in [0.05, 0.1) is 0 Å². The van der Waals surface area contributed by atoms with E-state index in [0.717, 1.165) is 0 Å². The summed E-state index contributed by atoms with van der Waals surface area (Å²) >= 11 is 0. The lowest BCUT2D eigenvalue weighted by Gasteiger charge is -2.11. The minimum Gasteiger partial charge on any atom is -0.0622 e. The fourth-order valence-corrected chi connectivity index (χ4v) is 6.49. The van der Waals surface area contributed by atoms with Crippen LogP contribution in [0.25, 0.3) is 56.0 Å². The number of benzene rings is 8. The molecule has 48 heavy (non-hydrogen) atoms. The minimum absolute atomic E-state index is 1.17. The van der Waals surface area contributed by atoms with Gasteiger partial charge in [-0.05, 0) is 101 Å². The quantitative estimate of drug-likeness (QED) is 0.158. The average Bonchev–Trinajstić information content (AvgIpc) is 3.17. The van der Waals surface area contributed by atoms with Crippen molar-refractivity contribution in [3.05, 3.63) is 228 Å². The second-order valence-corrected chi connectivity index (χ2v) is 12.2. The van der Waals surface area contributed by atoms with Gasteiger partial charge >= 0.3 is 0 Å². The summed E-state index contributed by atoms with van der Waals surface area (Å²) in [5.41, 5.74) is 12.0. The van der Waals surface area contributed by atoms with E-state index in [9.17, 15) is 0 Å². The molecule has 226 valence electrons. The molecule has 8 aromatic carbocycles. The van der Waals surface area contributed by atoms with Crippen molar-refractivity contribution in [1.29, 1.82) is 0 Å². The first-order valence-corrected chi connectivity index (χ1v) is 16.5. The molecule has 0 amide bonds. The van der Waals surface area contributed by atoms with Gasteiger partial charge in [-0.15, -0.1) is 0 Å². The van der Waals surface area contributed by atoms with Crippen LogP contribution in [0.4, 0.5) is 0 Å². The predicted octanol–water partition coefficient (Wildman–Crippen LogP) is 12.8. The first kappa shape index (κ1) is 29.2. The molecule has 0 aliphatic rings. The molecule has 0 radical (unpaired) electrons. The van der Waals surface area contributed by atoms with Crippen LogP contribution in [0.15, 0.2) is 194 Å². The molecule has 0 fully saturated rings. The van der Waals surface area contributed by atoms with Crippen molar-refractivity contribution in [3.63, 3.8) is 0 Å². The highest BCUT2D eigenvalue weighted by Crippen LogP contribution is 2.32. The Bertz CT molecular complexity index is 2220. The molecule has 0 spiro atoms. The van der Waals surface area contributed by atoms with Crippen molar-refractivity contribution in [1.82, 2.24) is 0 Å². The van der Waals surface area contributed by atoms with Gasteiger partial charge in [0.1, 0.15) is 0 Å². The van der Waals surface area contributed by atoms with E-state index < -0.39 is 0 Å². The molecule has 8 rings (SSSR count). The number of fused-ring (bicyclic) bond motifs is 2. The molecule has 8 aromatic rings. The summed E-state index contributed by atoms with van der Waals surface area (Å²) in [4.78, 5) is 0. The fourth-order valence-electron chi connectivity index (χ4n) is 6.49. The smallest absolute Gasteiger partial charge is 0.0105 e. The second kappa shape index (κ2) is 13.2.